The van der Waals surface area contributed by atoms with Gasteiger partial charge in [-0.05, 0) is 26.3 Å². The second-order valence-electron chi connectivity index (χ2n) is 3.57. The Morgan fingerprint density at radius 3 is 2.47 bits per heavy atom. The van der Waals surface area contributed by atoms with Crippen molar-refractivity contribution in [2.24, 2.45) is 0 Å². The minimum atomic E-state index is -4.04. The molecule has 0 aromatic carbocycles. The van der Waals surface area contributed by atoms with Gasteiger partial charge in [-0.3, -0.25) is 0 Å². The van der Waals surface area contributed by atoms with Crippen LogP contribution in [0.1, 0.15) is 32.6 Å². The number of hydrogen-bond acceptors (Lipinski definition) is 2. The molecule has 2 nitrogen and oxygen atoms in total. The van der Waals surface area contributed by atoms with E-state index in [0.29, 0.717) is 19.6 Å². The van der Waals surface area contributed by atoms with Gasteiger partial charge in [0.2, 0.25) is 0 Å². The largest absolute Gasteiger partial charge is 0.389 e. The van der Waals surface area contributed by atoms with Gasteiger partial charge in [0.05, 0.1) is 6.61 Å². The zero-order chi connectivity index (χ0) is 11.7. The van der Waals surface area contributed by atoms with Crippen LogP contribution in [0.2, 0.25) is 0 Å². The van der Waals surface area contributed by atoms with Crippen molar-refractivity contribution in [3.63, 3.8) is 0 Å². The van der Waals surface area contributed by atoms with Crippen molar-refractivity contribution < 1.29 is 17.9 Å². The number of ether oxygens (including phenoxy) is 1. The molecule has 0 spiro atoms. The summed E-state index contributed by atoms with van der Waals surface area (Å²) in [6.07, 6.45) is -3.16. The van der Waals surface area contributed by atoms with Crippen LogP contribution in [0.3, 0.4) is 0 Å². The summed E-state index contributed by atoms with van der Waals surface area (Å²) in [5.74, 6) is 0. The second-order valence-corrected chi connectivity index (χ2v) is 3.57. The van der Waals surface area contributed by atoms with Gasteiger partial charge in [-0.25, -0.2) is 0 Å². The maximum absolute atomic E-state index is 11.9. The number of nitrogens with one attached hydrogen (secondary N) is 1. The lowest BCUT2D eigenvalue weighted by molar-refractivity contribution is -0.136. The van der Waals surface area contributed by atoms with E-state index >= 15 is 0 Å². The Kier molecular flexibility index (Phi) is 7.78. The standard InChI is InChI=1S/C10H20F3NO/c1-3-7-15-8-9(14-2)5-4-6-10(11,12)13/h9,14H,3-8H2,1-2H3. The van der Waals surface area contributed by atoms with Crippen LogP contribution in [0.5, 0.6) is 0 Å². The average Bonchev–Trinajstić information content (AvgIpc) is 2.14. The Balaban J connectivity index is 3.52. The molecule has 0 saturated carbocycles. The Labute approximate surface area is 89.2 Å². The van der Waals surface area contributed by atoms with Crippen molar-refractivity contribution >= 4 is 0 Å². The molecule has 1 N–H and O–H groups in total. The van der Waals surface area contributed by atoms with Crippen molar-refractivity contribution in [1.82, 2.24) is 5.32 Å². The third-order valence-electron chi connectivity index (χ3n) is 2.09. The first-order valence-corrected chi connectivity index (χ1v) is 5.31. The lowest BCUT2D eigenvalue weighted by Crippen LogP contribution is -2.30. The van der Waals surface area contributed by atoms with Crippen LogP contribution < -0.4 is 5.32 Å². The summed E-state index contributed by atoms with van der Waals surface area (Å²) in [5, 5.41) is 2.95. The molecule has 0 amide bonds. The number of rotatable bonds is 8. The van der Waals surface area contributed by atoms with Gasteiger partial charge in [0.1, 0.15) is 0 Å². The fraction of sp³-hybridized carbons (Fsp3) is 1.00. The minimum Gasteiger partial charge on any atom is -0.380 e. The molecule has 0 heterocycles. The summed E-state index contributed by atoms with van der Waals surface area (Å²) >= 11 is 0. The summed E-state index contributed by atoms with van der Waals surface area (Å²) in [4.78, 5) is 0. The number of likely N-dealkylation sites (N-methyl/N-ethyl adjacent to an activating group) is 1. The molecular weight excluding hydrogens is 207 g/mol. The molecule has 0 radical (unpaired) electrons. The van der Waals surface area contributed by atoms with Gasteiger partial charge in [-0.2, -0.15) is 13.2 Å². The highest BCUT2D eigenvalue weighted by Crippen LogP contribution is 2.22. The molecule has 5 heteroatoms. The second kappa shape index (κ2) is 7.93. The van der Waals surface area contributed by atoms with Crippen LogP contribution in [-0.2, 0) is 4.74 Å². The summed E-state index contributed by atoms with van der Waals surface area (Å²) in [5.41, 5.74) is 0. The highest BCUT2D eigenvalue weighted by atomic mass is 19.4. The van der Waals surface area contributed by atoms with E-state index in [4.69, 9.17) is 4.74 Å². The lowest BCUT2D eigenvalue weighted by Gasteiger charge is -2.16. The Morgan fingerprint density at radius 2 is 2.00 bits per heavy atom. The van der Waals surface area contributed by atoms with Gasteiger partial charge in [0.25, 0.3) is 0 Å². The Morgan fingerprint density at radius 1 is 1.33 bits per heavy atom. The van der Waals surface area contributed by atoms with Crippen LogP contribution >= 0.6 is 0 Å². The highest BCUT2D eigenvalue weighted by Gasteiger charge is 2.26. The summed E-state index contributed by atoms with van der Waals surface area (Å²) < 4.78 is 40.9. The van der Waals surface area contributed by atoms with E-state index in [9.17, 15) is 13.2 Å². The fourth-order valence-corrected chi connectivity index (χ4v) is 1.23. The monoisotopic (exact) mass is 227 g/mol. The molecule has 1 unspecified atom stereocenters. The number of halogens is 3. The summed E-state index contributed by atoms with van der Waals surface area (Å²) in [6.45, 7) is 3.15. The molecule has 0 rings (SSSR count). The quantitative estimate of drug-likeness (QED) is 0.644. The van der Waals surface area contributed by atoms with Gasteiger partial charge in [0, 0.05) is 19.1 Å². The molecule has 0 saturated heterocycles. The average molecular weight is 227 g/mol. The normalized spacial score (nSPS) is 14.2. The van der Waals surface area contributed by atoms with Crippen molar-refractivity contribution in [3.8, 4) is 0 Å². The SMILES string of the molecule is CCCOCC(CCCC(F)(F)F)NC. The third-order valence-corrected chi connectivity index (χ3v) is 2.09. The molecule has 0 aliphatic rings. The van der Waals surface area contributed by atoms with E-state index in [1.807, 2.05) is 6.92 Å². The zero-order valence-electron chi connectivity index (χ0n) is 9.36. The van der Waals surface area contributed by atoms with Gasteiger partial charge < -0.3 is 10.1 Å². The Bertz CT molecular complexity index is 150. The molecule has 15 heavy (non-hydrogen) atoms. The van der Waals surface area contributed by atoms with Crippen LogP contribution in [-0.4, -0.2) is 32.5 Å². The van der Waals surface area contributed by atoms with Crippen LogP contribution in [0.4, 0.5) is 13.2 Å². The van der Waals surface area contributed by atoms with E-state index in [0.717, 1.165) is 6.42 Å². The molecule has 0 aliphatic carbocycles. The molecule has 92 valence electrons. The smallest absolute Gasteiger partial charge is 0.380 e. The summed E-state index contributed by atoms with van der Waals surface area (Å²) in [6, 6.07) is 0.0268. The molecule has 0 bridgehead atoms. The van der Waals surface area contributed by atoms with Crippen LogP contribution in [0.25, 0.3) is 0 Å². The topological polar surface area (TPSA) is 21.3 Å². The van der Waals surface area contributed by atoms with E-state index in [2.05, 4.69) is 5.32 Å². The predicted molar refractivity (Wildman–Crippen MR) is 53.9 cm³/mol. The number of hydrogen-bond donors (Lipinski definition) is 1. The molecule has 0 aromatic heterocycles. The molecule has 0 aromatic rings. The van der Waals surface area contributed by atoms with E-state index in [1.165, 1.54) is 0 Å². The first-order valence-electron chi connectivity index (χ1n) is 5.31. The van der Waals surface area contributed by atoms with E-state index in [-0.39, 0.29) is 12.5 Å². The molecule has 0 aliphatic heterocycles. The first kappa shape index (κ1) is 14.7. The highest BCUT2D eigenvalue weighted by molar-refractivity contribution is 4.64. The van der Waals surface area contributed by atoms with Crippen molar-refractivity contribution in [2.75, 3.05) is 20.3 Å². The van der Waals surface area contributed by atoms with E-state index in [1.54, 1.807) is 7.05 Å². The van der Waals surface area contributed by atoms with Gasteiger partial charge in [-0.15, -0.1) is 0 Å². The Hall–Kier alpha value is -0.290. The van der Waals surface area contributed by atoms with Crippen molar-refractivity contribution in [2.45, 2.75) is 44.8 Å². The number of alkyl halides is 3. The van der Waals surface area contributed by atoms with Gasteiger partial charge in [0.15, 0.2) is 0 Å². The minimum absolute atomic E-state index is 0.0268. The van der Waals surface area contributed by atoms with E-state index < -0.39 is 12.6 Å². The molecule has 0 fully saturated rings. The fourth-order valence-electron chi connectivity index (χ4n) is 1.23. The maximum atomic E-state index is 11.9. The first-order chi connectivity index (χ1) is 6.99. The van der Waals surface area contributed by atoms with Gasteiger partial charge in [-0.1, -0.05) is 6.92 Å². The molecule has 1 atom stereocenters. The van der Waals surface area contributed by atoms with Crippen LogP contribution in [0, 0.1) is 0 Å². The zero-order valence-corrected chi connectivity index (χ0v) is 9.36. The predicted octanol–water partition coefficient (Wildman–Crippen LogP) is 2.73. The van der Waals surface area contributed by atoms with Crippen LogP contribution in [0.15, 0.2) is 0 Å². The summed E-state index contributed by atoms with van der Waals surface area (Å²) in [7, 11) is 1.74. The van der Waals surface area contributed by atoms with Gasteiger partial charge >= 0.3 is 6.18 Å². The molecular formula is C10H20F3NO. The lowest BCUT2D eigenvalue weighted by atomic mass is 10.1. The maximum Gasteiger partial charge on any atom is 0.389 e. The third kappa shape index (κ3) is 10.0. The van der Waals surface area contributed by atoms with Crippen molar-refractivity contribution in [3.05, 3.63) is 0 Å². The van der Waals surface area contributed by atoms with Crippen molar-refractivity contribution in [1.29, 1.82) is 0 Å².